The van der Waals surface area contributed by atoms with Gasteiger partial charge in [-0.1, -0.05) is 37.3 Å². The van der Waals surface area contributed by atoms with Crippen LogP contribution in [0.1, 0.15) is 43.5 Å². The first kappa shape index (κ1) is 20.9. The van der Waals surface area contributed by atoms with Crippen molar-refractivity contribution in [1.82, 2.24) is 19.1 Å². The summed E-state index contributed by atoms with van der Waals surface area (Å²) in [6.45, 7) is 4.90. The molecule has 1 aromatic rings. The molecule has 1 atom stereocenters. The van der Waals surface area contributed by atoms with Crippen molar-refractivity contribution in [2.45, 2.75) is 57.7 Å². The molecule has 30 heavy (non-hydrogen) atoms. The highest BCUT2D eigenvalue weighted by molar-refractivity contribution is 5.85. The molecule has 0 spiro atoms. The average Bonchev–Trinajstić information content (AvgIpc) is 3.37. The van der Waals surface area contributed by atoms with Crippen molar-refractivity contribution in [3.63, 3.8) is 0 Å². The molecule has 0 radical (unpaired) electrons. The van der Waals surface area contributed by atoms with E-state index in [4.69, 9.17) is 14.7 Å². The first-order chi connectivity index (χ1) is 14.2. The molecule has 0 aliphatic carbocycles. The summed E-state index contributed by atoms with van der Waals surface area (Å²) < 4.78 is 9.16. The van der Waals surface area contributed by atoms with Gasteiger partial charge in [0.15, 0.2) is 5.82 Å². The van der Waals surface area contributed by atoms with E-state index in [2.05, 4.69) is 36.5 Å². The Morgan fingerprint density at radius 3 is 2.67 bits per heavy atom. The molecule has 4 heterocycles. The van der Waals surface area contributed by atoms with Crippen molar-refractivity contribution in [1.29, 1.82) is 0 Å². The molecule has 5 rings (SSSR count). The first-order valence-electron chi connectivity index (χ1n) is 10.6. The number of nitrogens with one attached hydrogen (secondary N) is 1. The normalized spacial score (nSPS) is 18.8. The second kappa shape index (κ2) is 8.78. The van der Waals surface area contributed by atoms with Crippen LogP contribution in [0.5, 0.6) is 0 Å². The number of imidazole rings is 1. The lowest BCUT2D eigenvalue weighted by molar-refractivity contribution is 0.0838. The number of ether oxygens (including phenoxy) is 1. The summed E-state index contributed by atoms with van der Waals surface area (Å²) in [7, 11) is 0. The zero-order valence-electron chi connectivity index (χ0n) is 17.2. The summed E-state index contributed by atoms with van der Waals surface area (Å²) in [5.41, 5.74) is 2.10. The quantitative estimate of drug-likeness (QED) is 0.673. The SMILES string of the molecule is CCCn1c2nc(C3CCOCC3)nc-2c2n(c1=O)C[C@@H](Cc1ccccc1)N2.Cl. The minimum absolute atomic E-state index is 0. The lowest BCUT2D eigenvalue weighted by atomic mass is 10.00. The zero-order valence-corrected chi connectivity index (χ0v) is 18.0. The zero-order chi connectivity index (χ0) is 19.8. The van der Waals surface area contributed by atoms with Gasteiger partial charge in [0, 0.05) is 38.3 Å². The van der Waals surface area contributed by atoms with Crippen molar-refractivity contribution in [3.8, 4) is 11.5 Å². The fourth-order valence-electron chi connectivity index (χ4n) is 4.51. The molecular weight excluding hydrogens is 402 g/mol. The van der Waals surface area contributed by atoms with E-state index in [1.165, 1.54) is 5.56 Å². The van der Waals surface area contributed by atoms with Crippen LogP contribution >= 0.6 is 12.4 Å². The van der Waals surface area contributed by atoms with E-state index in [9.17, 15) is 4.79 Å². The van der Waals surface area contributed by atoms with Crippen LogP contribution in [0.25, 0.3) is 11.5 Å². The molecule has 4 aliphatic heterocycles. The minimum atomic E-state index is 0. The third-order valence-corrected chi connectivity index (χ3v) is 5.97. The Kier molecular flexibility index (Phi) is 6.11. The van der Waals surface area contributed by atoms with Gasteiger partial charge < -0.3 is 10.1 Å². The predicted octanol–water partition coefficient (Wildman–Crippen LogP) is 3.31. The number of fused-ring (bicyclic) bond motifs is 3. The highest BCUT2D eigenvalue weighted by Gasteiger charge is 2.33. The Bertz CT molecular complexity index is 1030. The van der Waals surface area contributed by atoms with E-state index in [-0.39, 0.29) is 24.1 Å². The maximum Gasteiger partial charge on any atom is 0.331 e. The molecule has 4 aliphatic rings. The summed E-state index contributed by atoms with van der Waals surface area (Å²) in [4.78, 5) is 23.0. The van der Waals surface area contributed by atoms with Gasteiger partial charge in [0.25, 0.3) is 0 Å². The van der Waals surface area contributed by atoms with Crippen molar-refractivity contribution >= 4 is 18.2 Å². The summed E-state index contributed by atoms with van der Waals surface area (Å²) in [5, 5.41) is 3.57. The van der Waals surface area contributed by atoms with Crippen LogP contribution in [0.2, 0.25) is 0 Å². The lowest BCUT2D eigenvalue weighted by Crippen LogP contribution is -2.32. The minimum Gasteiger partial charge on any atom is -0.381 e. The summed E-state index contributed by atoms with van der Waals surface area (Å²) in [5.74, 6) is 2.71. The Balaban J connectivity index is 0.00000218. The van der Waals surface area contributed by atoms with Crippen molar-refractivity contribution < 1.29 is 4.74 Å². The smallest absolute Gasteiger partial charge is 0.331 e. The molecule has 8 heteroatoms. The van der Waals surface area contributed by atoms with Gasteiger partial charge in [0.05, 0.1) is 0 Å². The Morgan fingerprint density at radius 1 is 1.17 bits per heavy atom. The van der Waals surface area contributed by atoms with Gasteiger partial charge >= 0.3 is 5.69 Å². The predicted molar refractivity (Wildman–Crippen MR) is 119 cm³/mol. The second-order valence-electron chi connectivity index (χ2n) is 8.07. The molecule has 0 unspecified atom stereocenters. The largest absolute Gasteiger partial charge is 0.381 e. The molecule has 1 saturated heterocycles. The van der Waals surface area contributed by atoms with Crippen LogP contribution in [-0.2, 0) is 24.2 Å². The number of aromatic nitrogens is 4. The third kappa shape index (κ3) is 3.72. The van der Waals surface area contributed by atoms with Gasteiger partial charge in [-0.15, -0.1) is 12.4 Å². The van der Waals surface area contributed by atoms with E-state index in [1.807, 2.05) is 10.6 Å². The van der Waals surface area contributed by atoms with Gasteiger partial charge in [-0.05, 0) is 31.2 Å². The van der Waals surface area contributed by atoms with Crippen molar-refractivity contribution in [2.75, 3.05) is 18.5 Å². The van der Waals surface area contributed by atoms with Gasteiger partial charge in [0.1, 0.15) is 17.3 Å². The van der Waals surface area contributed by atoms with Crippen LogP contribution in [0.3, 0.4) is 0 Å². The van der Waals surface area contributed by atoms with Crippen LogP contribution in [0, 0.1) is 0 Å². The van der Waals surface area contributed by atoms with Gasteiger partial charge in [-0.25, -0.2) is 14.8 Å². The molecule has 0 aromatic heterocycles. The van der Waals surface area contributed by atoms with Crippen LogP contribution in [0.4, 0.5) is 5.82 Å². The number of halogens is 1. The topological polar surface area (TPSA) is 74.0 Å². The number of rotatable bonds is 5. The Morgan fingerprint density at radius 2 is 1.93 bits per heavy atom. The van der Waals surface area contributed by atoms with Crippen molar-refractivity contribution in [2.24, 2.45) is 0 Å². The summed E-state index contributed by atoms with van der Waals surface area (Å²) >= 11 is 0. The summed E-state index contributed by atoms with van der Waals surface area (Å²) in [6.07, 6.45) is 3.63. The maximum absolute atomic E-state index is 13.2. The Hall–Kier alpha value is -2.38. The molecule has 1 aromatic carbocycles. The second-order valence-corrected chi connectivity index (χ2v) is 8.07. The number of benzene rings is 1. The van der Waals surface area contributed by atoms with Crippen molar-refractivity contribution in [3.05, 3.63) is 52.2 Å². The molecule has 0 bridgehead atoms. The number of nitrogens with zero attached hydrogens (tertiary/aromatic N) is 4. The molecule has 0 saturated carbocycles. The van der Waals surface area contributed by atoms with E-state index < -0.39 is 0 Å². The van der Waals surface area contributed by atoms with E-state index >= 15 is 0 Å². The first-order valence-corrected chi connectivity index (χ1v) is 10.6. The molecular formula is C22H28ClN5O2. The molecule has 0 amide bonds. The molecule has 7 nitrogen and oxygen atoms in total. The number of hydrogen-bond acceptors (Lipinski definition) is 5. The van der Waals surface area contributed by atoms with E-state index in [1.54, 1.807) is 4.57 Å². The highest BCUT2D eigenvalue weighted by Crippen LogP contribution is 2.34. The van der Waals surface area contributed by atoms with E-state index in [0.717, 1.165) is 62.1 Å². The third-order valence-electron chi connectivity index (χ3n) is 5.97. The molecule has 160 valence electrons. The fraction of sp³-hybridized carbons (Fsp3) is 0.500. The summed E-state index contributed by atoms with van der Waals surface area (Å²) in [6, 6.07) is 10.6. The molecule has 1 fully saturated rings. The van der Waals surface area contributed by atoms with Crippen LogP contribution < -0.4 is 11.0 Å². The van der Waals surface area contributed by atoms with Gasteiger partial charge in [0.2, 0.25) is 0 Å². The monoisotopic (exact) mass is 429 g/mol. The maximum atomic E-state index is 13.2. The standard InChI is InChI=1S/C22H27N5O2.ClH/c1-2-10-26-21-18(24-19(25-21)16-8-11-29-12-9-16)20-23-17(14-27(20)22(26)28)13-15-6-4-3-5-7-15;/h3-7,16-17,23H,2,8-14H2,1H3;1H/t17-;/m1./s1. The fourth-order valence-corrected chi connectivity index (χ4v) is 4.51. The Labute approximate surface area is 182 Å². The van der Waals surface area contributed by atoms with E-state index in [0.29, 0.717) is 19.0 Å². The van der Waals surface area contributed by atoms with Crippen LogP contribution in [-0.4, -0.2) is 38.4 Å². The number of hydrogen-bond donors (Lipinski definition) is 1. The molecule has 1 N–H and O–H groups in total. The number of anilines is 1. The average molecular weight is 430 g/mol. The van der Waals surface area contributed by atoms with Gasteiger partial charge in [-0.3, -0.25) is 9.13 Å². The highest BCUT2D eigenvalue weighted by atomic mass is 35.5. The van der Waals surface area contributed by atoms with Gasteiger partial charge in [-0.2, -0.15) is 0 Å². The lowest BCUT2D eigenvalue weighted by Gasteiger charge is -2.19. The van der Waals surface area contributed by atoms with Crippen LogP contribution in [0.15, 0.2) is 35.1 Å².